The zero-order chi connectivity index (χ0) is 16.6. The normalized spacial score (nSPS) is 29.6. The van der Waals surface area contributed by atoms with Gasteiger partial charge >= 0.3 is 0 Å². The van der Waals surface area contributed by atoms with Gasteiger partial charge in [0.05, 0.1) is 12.1 Å². The molecular weight excluding hydrogens is 302 g/mol. The minimum absolute atomic E-state index is 0.0810. The summed E-state index contributed by atoms with van der Waals surface area (Å²) < 4.78 is 5.78. The number of carbonyl (C=O) groups excluding carboxylic acids is 1. The van der Waals surface area contributed by atoms with Gasteiger partial charge in [0.2, 0.25) is 5.91 Å². The lowest BCUT2D eigenvalue weighted by Crippen LogP contribution is -2.61. The van der Waals surface area contributed by atoms with E-state index in [1.54, 1.807) is 0 Å². The maximum atomic E-state index is 12.1. The lowest BCUT2D eigenvalue weighted by atomic mass is 9.87. The molecule has 4 rings (SSSR count). The van der Waals surface area contributed by atoms with Gasteiger partial charge in [-0.2, -0.15) is 0 Å². The van der Waals surface area contributed by atoms with Crippen LogP contribution >= 0.6 is 0 Å². The Labute approximate surface area is 144 Å². The second kappa shape index (κ2) is 6.52. The number of hydrogen-bond acceptors (Lipinski definition) is 4. The Balaban J connectivity index is 1.49. The van der Waals surface area contributed by atoms with Gasteiger partial charge in [-0.05, 0) is 50.7 Å². The minimum Gasteiger partial charge on any atom is -0.465 e. The molecule has 132 valence electrons. The van der Waals surface area contributed by atoms with E-state index >= 15 is 0 Å². The first-order valence-corrected chi connectivity index (χ1v) is 9.41. The maximum Gasteiger partial charge on any atom is 0.220 e. The molecule has 1 aromatic rings. The van der Waals surface area contributed by atoms with E-state index in [4.69, 9.17) is 4.42 Å². The molecule has 3 fully saturated rings. The molecule has 2 saturated heterocycles. The molecule has 2 aliphatic heterocycles. The first-order chi connectivity index (χ1) is 11.6. The van der Waals surface area contributed by atoms with Gasteiger partial charge in [0, 0.05) is 39.1 Å². The zero-order valence-electron chi connectivity index (χ0n) is 14.7. The van der Waals surface area contributed by atoms with E-state index in [2.05, 4.69) is 21.2 Å². The third-order valence-corrected chi connectivity index (χ3v) is 5.64. The molecular formula is C19H29N3O2. The van der Waals surface area contributed by atoms with Crippen molar-refractivity contribution in [3.8, 4) is 0 Å². The summed E-state index contributed by atoms with van der Waals surface area (Å²) in [6.07, 6.45) is 5.54. The quantitative estimate of drug-likeness (QED) is 0.918. The number of carbonyl (C=O) groups is 1. The number of aryl methyl sites for hydroxylation is 1. The van der Waals surface area contributed by atoms with E-state index < -0.39 is 0 Å². The first-order valence-electron chi connectivity index (χ1n) is 9.41. The Morgan fingerprint density at radius 3 is 2.75 bits per heavy atom. The molecule has 3 heterocycles. The van der Waals surface area contributed by atoms with E-state index in [1.165, 1.54) is 19.4 Å². The second-order valence-corrected chi connectivity index (χ2v) is 8.08. The Bertz CT molecular complexity index is 595. The van der Waals surface area contributed by atoms with Crippen LogP contribution in [0, 0.1) is 12.8 Å². The molecule has 0 aromatic carbocycles. The Morgan fingerprint density at radius 2 is 2.04 bits per heavy atom. The molecule has 24 heavy (non-hydrogen) atoms. The van der Waals surface area contributed by atoms with E-state index in [0.717, 1.165) is 63.0 Å². The number of nitrogens with zero attached hydrogens (tertiary/aromatic N) is 2. The molecule has 1 aliphatic carbocycles. The SMILES string of the molecule is Cc1ccc(CN2CCN(CC3CC3)CC3(CCCC(=O)N3)C2)o1. The molecule has 3 aliphatic rings. The van der Waals surface area contributed by atoms with Crippen molar-refractivity contribution < 1.29 is 9.21 Å². The number of piperidine rings is 1. The highest BCUT2D eigenvalue weighted by molar-refractivity contribution is 5.77. The van der Waals surface area contributed by atoms with E-state index in [1.807, 2.05) is 13.0 Å². The fourth-order valence-corrected chi connectivity index (χ4v) is 4.34. The van der Waals surface area contributed by atoms with Crippen LogP contribution in [-0.2, 0) is 11.3 Å². The van der Waals surface area contributed by atoms with Gasteiger partial charge in [-0.1, -0.05) is 0 Å². The second-order valence-electron chi connectivity index (χ2n) is 8.08. The van der Waals surface area contributed by atoms with Crippen molar-refractivity contribution in [2.75, 3.05) is 32.7 Å². The third kappa shape index (κ3) is 3.83. The van der Waals surface area contributed by atoms with Gasteiger partial charge in [-0.15, -0.1) is 0 Å². The van der Waals surface area contributed by atoms with Crippen molar-refractivity contribution in [3.05, 3.63) is 23.7 Å². The average molecular weight is 331 g/mol. The van der Waals surface area contributed by atoms with Gasteiger partial charge in [0.25, 0.3) is 0 Å². The summed E-state index contributed by atoms with van der Waals surface area (Å²) in [7, 11) is 0. The van der Waals surface area contributed by atoms with Gasteiger partial charge in [-0.3, -0.25) is 14.6 Å². The van der Waals surface area contributed by atoms with Crippen LogP contribution in [0.3, 0.4) is 0 Å². The van der Waals surface area contributed by atoms with E-state index in [0.29, 0.717) is 6.42 Å². The zero-order valence-corrected chi connectivity index (χ0v) is 14.7. The summed E-state index contributed by atoms with van der Waals surface area (Å²) >= 11 is 0. The summed E-state index contributed by atoms with van der Waals surface area (Å²) in [5.41, 5.74) is -0.0810. The van der Waals surface area contributed by atoms with Gasteiger partial charge in [-0.25, -0.2) is 0 Å². The molecule has 1 N–H and O–H groups in total. The summed E-state index contributed by atoms with van der Waals surface area (Å²) in [4.78, 5) is 17.2. The van der Waals surface area contributed by atoms with Crippen LogP contribution in [0.5, 0.6) is 0 Å². The predicted octanol–water partition coefficient (Wildman–Crippen LogP) is 2.15. The lowest BCUT2D eigenvalue weighted by Gasteiger charge is -2.41. The summed E-state index contributed by atoms with van der Waals surface area (Å²) in [6, 6.07) is 4.11. The van der Waals surface area contributed by atoms with Crippen molar-refractivity contribution in [1.29, 1.82) is 0 Å². The van der Waals surface area contributed by atoms with Crippen LogP contribution in [0.25, 0.3) is 0 Å². The van der Waals surface area contributed by atoms with Crippen molar-refractivity contribution in [2.45, 2.75) is 51.1 Å². The van der Waals surface area contributed by atoms with Gasteiger partial charge < -0.3 is 9.73 Å². The molecule has 1 saturated carbocycles. The highest BCUT2D eigenvalue weighted by atomic mass is 16.3. The molecule has 5 heteroatoms. The molecule has 1 atom stereocenters. The number of furan rings is 1. The van der Waals surface area contributed by atoms with E-state index in [9.17, 15) is 4.79 Å². The molecule has 1 unspecified atom stereocenters. The van der Waals surface area contributed by atoms with Crippen LogP contribution in [0.2, 0.25) is 0 Å². The molecule has 1 aromatic heterocycles. The van der Waals surface area contributed by atoms with Crippen molar-refractivity contribution in [1.82, 2.24) is 15.1 Å². The van der Waals surface area contributed by atoms with Crippen molar-refractivity contribution >= 4 is 5.91 Å². The number of hydrogen-bond donors (Lipinski definition) is 1. The van der Waals surface area contributed by atoms with Gasteiger partial charge in [0.15, 0.2) is 0 Å². The van der Waals surface area contributed by atoms with Crippen molar-refractivity contribution in [3.63, 3.8) is 0 Å². The summed E-state index contributed by atoms with van der Waals surface area (Å²) in [6.45, 7) is 8.10. The monoisotopic (exact) mass is 331 g/mol. The number of amides is 1. The predicted molar refractivity (Wildman–Crippen MR) is 92.6 cm³/mol. The lowest BCUT2D eigenvalue weighted by molar-refractivity contribution is -0.125. The highest BCUT2D eigenvalue weighted by Gasteiger charge is 2.41. The molecule has 5 nitrogen and oxygen atoms in total. The summed E-state index contributed by atoms with van der Waals surface area (Å²) in [5, 5.41) is 3.36. The highest BCUT2D eigenvalue weighted by Crippen LogP contribution is 2.32. The molecule has 1 amide bonds. The van der Waals surface area contributed by atoms with Crippen LogP contribution in [0.4, 0.5) is 0 Å². The minimum atomic E-state index is -0.0810. The van der Waals surface area contributed by atoms with Crippen LogP contribution in [0.15, 0.2) is 16.5 Å². The summed E-state index contributed by atoms with van der Waals surface area (Å²) in [5.74, 6) is 3.11. The van der Waals surface area contributed by atoms with Crippen molar-refractivity contribution in [2.24, 2.45) is 5.92 Å². The van der Waals surface area contributed by atoms with Gasteiger partial charge in [0.1, 0.15) is 11.5 Å². The smallest absolute Gasteiger partial charge is 0.220 e. The molecule has 0 bridgehead atoms. The Morgan fingerprint density at radius 1 is 1.25 bits per heavy atom. The largest absolute Gasteiger partial charge is 0.465 e. The first kappa shape index (κ1) is 16.2. The standard InChI is InChI=1S/C19H29N3O2/c1-15-4-7-17(24-15)12-22-10-9-21(11-16-5-6-16)13-19(14-22)8-2-3-18(23)20-19/h4,7,16H,2-3,5-6,8-14H2,1H3,(H,20,23). The molecule has 1 spiro atoms. The fourth-order valence-electron chi connectivity index (χ4n) is 4.34. The van der Waals surface area contributed by atoms with E-state index in [-0.39, 0.29) is 11.4 Å². The maximum absolute atomic E-state index is 12.1. The fraction of sp³-hybridized carbons (Fsp3) is 0.737. The molecule has 0 radical (unpaired) electrons. The Kier molecular flexibility index (Phi) is 4.39. The third-order valence-electron chi connectivity index (χ3n) is 5.64. The number of rotatable bonds is 4. The van der Waals surface area contributed by atoms with Crippen LogP contribution in [-0.4, -0.2) is 54.0 Å². The van der Waals surface area contributed by atoms with Crippen LogP contribution in [0.1, 0.15) is 43.6 Å². The average Bonchev–Trinajstić information content (AvgIpc) is 3.27. The van der Waals surface area contributed by atoms with Crippen LogP contribution < -0.4 is 5.32 Å². The Hall–Kier alpha value is -1.33. The topological polar surface area (TPSA) is 48.7 Å². The number of nitrogens with one attached hydrogen (secondary N) is 1.